The summed E-state index contributed by atoms with van der Waals surface area (Å²) < 4.78 is 5.08. The summed E-state index contributed by atoms with van der Waals surface area (Å²) in [5.74, 6) is -0.230. The van der Waals surface area contributed by atoms with Gasteiger partial charge >= 0.3 is 5.97 Å². The fourth-order valence-corrected chi connectivity index (χ4v) is 2.16. The highest BCUT2D eigenvalue weighted by molar-refractivity contribution is 5.92. The van der Waals surface area contributed by atoms with Crippen molar-refractivity contribution in [2.45, 2.75) is 13.8 Å². The Kier molecular flexibility index (Phi) is 4.20. The molecular formula is C14H20N2O2. The number of hydrogen-bond acceptors (Lipinski definition) is 4. The minimum Gasteiger partial charge on any atom is -0.462 e. The highest BCUT2D eigenvalue weighted by atomic mass is 16.5. The minimum atomic E-state index is -0.230. The highest BCUT2D eigenvalue weighted by Gasteiger charge is 2.15. The lowest BCUT2D eigenvalue weighted by atomic mass is 10.1. The Bertz CT molecular complexity index is 426. The van der Waals surface area contributed by atoms with Gasteiger partial charge in [0.2, 0.25) is 0 Å². The third kappa shape index (κ3) is 2.82. The van der Waals surface area contributed by atoms with Crippen molar-refractivity contribution in [2.24, 2.45) is 0 Å². The zero-order chi connectivity index (χ0) is 13.0. The Morgan fingerprint density at radius 2 is 2.11 bits per heavy atom. The third-order valence-electron chi connectivity index (χ3n) is 3.20. The Balaban J connectivity index is 2.22. The van der Waals surface area contributed by atoms with Crippen LogP contribution in [-0.2, 0) is 4.74 Å². The largest absolute Gasteiger partial charge is 0.462 e. The van der Waals surface area contributed by atoms with E-state index in [1.54, 1.807) is 0 Å². The molecule has 0 spiro atoms. The SMILES string of the molecule is CCOC(=O)c1cc(N2CCNCC2)ccc1C. The van der Waals surface area contributed by atoms with Crippen LogP contribution in [0, 0.1) is 6.92 Å². The maximum absolute atomic E-state index is 11.8. The van der Waals surface area contributed by atoms with Gasteiger partial charge in [-0.1, -0.05) is 6.07 Å². The summed E-state index contributed by atoms with van der Waals surface area (Å²) in [4.78, 5) is 14.1. The zero-order valence-electron chi connectivity index (χ0n) is 11.0. The molecule has 1 aliphatic rings. The van der Waals surface area contributed by atoms with Crippen molar-refractivity contribution in [2.75, 3.05) is 37.7 Å². The van der Waals surface area contributed by atoms with E-state index < -0.39 is 0 Å². The molecule has 4 nitrogen and oxygen atoms in total. The van der Waals surface area contributed by atoms with Gasteiger partial charge in [0.15, 0.2) is 0 Å². The second-order valence-corrected chi connectivity index (χ2v) is 4.46. The van der Waals surface area contributed by atoms with Gasteiger partial charge in [0.05, 0.1) is 12.2 Å². The number of piperazine rings is 1. The quantitative estimate of drug-likeness (QED) is 0.825. The van der Waals surface area contributed by atoms with Gasteiger partial charge in [0, 0.05) is 31.9 Å². The predicted octanol–water partition coefficient (Wildman–Crippen LogP) is 1.58. The molecule has 0 unspecified atom stereocenters. The number of carbonyl (C=O) groups is 1. The van der Waals surface area contributed by atoms with Crippen molar-refractivity contribution >= 4 is 11.7 Å². The monoisotopic (exact) mass is 248 g/mol. The first-order valence-electron chi connectivity index (χ1n) is 6.46. The first kappa shape index (κ1) is 12.9. The Morgan fingerprint density at radius 3 is 2.78 bits per heavy atom. The standard InChI is InChI=1S/C14H20N2O2/c1-3-18-14(17)13-10-12(5-4-11(13)2)16-8-6-15-7-9-16/h4-5,10,15H,3,6-9H2,1-2H3. The second kappa shape index (κ2) is 5.87. The summed E-state index contributed by atoms with van der Waals surface area (Å²) in [6.45, 7) is 8.11. The van der Waals surface area contributed by atoms with Gasteiger partial charge in [-0.2, -0.15) is 0 Å². The molecule has 1 aromatic carbocycles. The smallest absolute Gasteiger partial charge is 0.338 e. The molecule has 0 radical (unpaired) electrons. The molecule has 1 fully saturated rings. The number of benzene rings is 1. The molecule has 1 saturated heterocycles. The van der Waals surface area contributed by atoms with Crippen molar-refractivity contribution in [1.82, 2.24) is 5.32 Å². The van der Waals surface area contributed by atoms with Gasteiger partial charge in [-0.25, -0.2) is 4.79 Å². The minimum absolute atomic E-state index is 0.230. The number of ether oxygens (including phenoxy) is 1. The molecule has 1 heterocycles. The van der Waals surface area contributed by atoms with Gasteiger partial charge in [0.1, 0.15) is 0 Å². The van der Waals surface area contributed by atoms with E-state index in [1.165, 1.54) is 0 Å². The number of esters is 1. The van der Waals surface area contributed by atoms with Crippen LogP contribution in [0.2, 0.25) is 0 Å². The van der Waals surface area contributed by atoms with Crippen LogP contribution in [0.1, 0.15) is 22.8 Å². The normalized spacial score (nSPS) is 15.6. The summed E-state index contributed by atoms with van der Waals surface area (Å²) in [5.41, 5.74) is 2.74. The lowest BCUT2D eigenvalue weighted by Crippen LogP contribution is -2.43. The molecule has 1 aromatic rings. The Labute approximate surface area is 108 Å². The first-order valence-corrected chi connectivity index (χ1v) is 6.46. The van der Waals surface area contributed by atoms with Crippen molar-refractivity contribution in [1.29, 1.82) is 0 Å². The second-order valence-electron chi connectivity index (χ2n) is 4.46. The third-order valence-corrected chi connectivity index (χ3v) is 3.20. The molecule has 1 aliphatic heterocycles. The molecule has 1 N–H and O–H groups in total. The van der Waals surface area contributed by atoms with Crippen molar-refractivity contribution in [3.8, 4) is 0 Å². The fourth-order valence-electron chi connectivity index (χ4n) is 2.16. The van der Waals surface area contributed by atoms with E-state index >= 15 is 0 Å². The Hall–Kier alpha value is -1.55. The molecule has 0 amide bonds. The molecule has 0 bridgehead atoms. The van der Waals surface area contributed by atoms with Crippen LogP contribution in [0.4, 0.5) is 5.69 Å². The predicted molar refractivity (Wildman–Crippen MR) is 72.2 cm³/mol. The zero-order valence-corrected chi connectivity index (χ0v) is 11.0. The molecular weight excluding hydrogens is 228 g/mol. The maximum atomic E-state index is 11.8. The average molecular weight is 248 g/mol. The van der Waals surface area contributed by atoms with E-state index in [0.29, 0.717) is 12.2 Å². The Morgan fingerprint density at radius 1 is 1.39 bits per heavy atom. The summed E-state index contributed by atoms with van der Waals surface area (Å²) in [6.07, 6.45) is 0. The van der Waals surface area contributed by atoms with Crippen molar-refractivity contribution in [3.05, 3.63) is 29.3 Å². The van der Waals surface area contributed by atoms with Gasteiger partial charge in [0.25, 0.3) is 0 Å². The van der Waals surface area contributed by atoms with Crippen molar-refractivity contribution < 1.29 is 9.53 Å². The van der Waals surface area contributed by atoms with Gasteiger partial charge in [-0.05, 0) is 31.5 Å². The topological polar surface area (TPSA) is 41.6 Å². The van der Waals surface area contributed by atoms with Gasteiger partial charge in [-0.3, -0.25) is 0 Å². The molecule has 18 heavy (non-hydrogen) atoms. The van der Waals surface area contributed by atoms with Crippen LogP contribution in [0.5, 0.6) is 0 Å². The van der Waals surface area contributed by atoms with Crippen LogP contribution >= 0.6 is 0 Å². The molecule has 0 aliphatic carbocycles. The van der Waals surface area contributed by atoms with Gasteiger partial charge in [-0.15, -0.1) is 0 Å². The number of nitrogens with zero attached hydrogens (tertiary/aromatic N) is 1. The molecule has 0 aromatic heterocycles. The van der Waals surface area contributed by atoms with E-state index in [2.05, 4.69) is 16.3 Å². The number of anilines is 1. The average Bonchev–Trinajstić information content (AvgIpc) is 2.40. The molecule has 0 saturated carbocycles. The highest BCUT2D eigenvalue weighted by Crippen LogP contribution is 2.20. The van der Waals surface area contributed by atoms with E-state index in [1.807, 2.05) is 26.0 Å². The lowest BCUT2D eigenvalue weighted by Gasteiger charge is -2.29. The molecule has 4 heteroatoms. The van der Waals surface area contributed by atoms with Crippen LogP contribution in [0.15, 0.2) is 18.2 Å². The van der Waals surface area contributed by atoms with Crippen LogP contribution in [0.25, 0.3) is 0 Å². The fraction of sp³-hybridized carbons (Fsp3) is 0.500. The summed E-state index contributed by atoms with van der Waals surface area (Å²) >= 11 is 0. The molecule has 0 atom stereocenters. The lowest BCUT2D eigenvalue weighted by molar-refractivity contribution is 0.0525. The number of aryl methyl sites for hydroxylation is 1. The number of nitrogens with one attached hydrogen (secondary N) is 1. The van der Waals surface area contributed by atoms with Crippen molar-refractivity contribution in [3.63, 3.8) is 0 Å². The summed E-state index contributed by atoms with van der Waals surface area (Å²) in [5, 5.41) is 3.32. The molecule has 98 valence electrons. The number of carbonyl (C=O) groups excluding carboxylic acids is 1. The van der Waals surface area contributed by atoms with Crippen LogP contribution < -0.4 is 10.2 Å². The van der Waals surface area contributed by atoms with Crippen LogP contribution in [0.3, 0.4) is 0 Å². The number of hydrogen-bond donors (Lipinski definition) is 1. The van der Waals surface area contributed by atoms with Crippen LogP contribution in [-0.4, -0.2) is 38.8 Å². The van der Waals surface area contributed by atoms with E-state index in [9.17, 15) is 4.79 Å². The summed E-state index contributed by atoms with van der Waals surface area (Å²) in [7, 11) is 0. The molecule has 2 rings (SSSR count). The van der Waals surface area contributed by atoms with E-state index in [-0.39, 0.29) is 5.97 Å². The number of rotatable bonds is 3. The van der Waals surface area contributed by atoms with E-state index in [0.717, 1.165) is 37.4 Å². The van der Waals surface area contributed by atoms with Gasteiger partial charge < -0.3 is 15.0 Å². The first-order chi connectivity index (χ1) is 8.72. The summed E-state index contributed by atoms with van der Waals surface area (Å²) in [6, 6.07) is 6.01. The maximum Gasteiger partial charge on any atom is 0.338 e. The van der Waals surface area contributed by atoms with E-state index in [4.69, 9.17) is 4.74 Å².